The van der Waals surface area contributed by atoms with Gasteiger partial charge in [0.2, 0.25) is 5.95 Å². The van der Waals surface area contributed by atoms with Crippen LogP contribution in [0, 0.1) is 0 Å². The minimum atomic E-state index is 0.618. The molecule has 92 valence electrons. The number of anilines is 1. The summed E-state index contributed by atoms with van der Waals surface area (Å²) < 4.78 is 0. The van der Waals surface area contributed by atoms with Crippen molar-refractivity contribution < 1.29 is 0 Å². The van der Waals surface area contributed by atoms with Crippen LogP contribution >= 0.6 is 0 Å². The third-order valence-electron chi connectivity index (χ3n) is 3.22. The maximum Gasteiger partial charge on any atom is 0.243 e. The second kappa shape index (κ2) is 5.12. The molecule has 0 fully saturated rings. The predicted octanol–water partition coefficient (Wildman–Crippen LogP) is 2.94. The number of rotatable bonds is 4. The van der Waals surface area contributed by atoms with E-state index in [1.807, 2.05) is 24.3 Å². The SMILES string of the molecule is C1=C(CCNc2nnc3ccccc3n2)CCC1. The maximum atomic E-state index is 4.44. The molecule has 1 aliphatic rings. The van der Waals surface area contributed by atoms with Gasteiger partial charge in [0.15, 0.2) is 0 Å². The van der Waals surface area contributed by atoms with Gasteiger partial charge in [-0.15, -0.1) is 10.2 Å². The van der Waals surface area contributed by atoms with Crippen molar-refractivity contribution in [2.75, 3.05) is 11.9 Å². The largest absolute Gasteiger partial charge is 0.353 e. The van der Waals surface area contributed by atoms with Crippen LogP contribution < -0.4 is 5.32 Å². The second-order valence-electron chi connectivity index (χ2n) is 4.56. The molecule has 1 heterocycles. The highest BCUT2D eigenvalue weighted by Crippen LogP contribution is 2.20. The van der Waals surface area contributed by atoms with E-state index in [2.05, 4.69) is 26.6 Å². The van der Waals surface area contributed by atoms with E-state index in [1.165, 1.54) is 19.3 Å². The van der Waals surface area contributed by atoms with E-state index in [0.29, 0.717) is 5.95 Å². The van der Waals surface area contributed by atoms with Crippen LogP contribution in [-0.4, -0.2) is 21.7 Å². The van der Waals surface area contributed by atoms with Crippen molar-refractivity contribution in [1.29, 1.82) is 0 Å². The molecule has 1 aromatic heterocycles. The number of fused-ring (bicyclic) bond motifs is 1. The monoisotopic (exact) mass is 240 g/mol. The Morgan fingerprint density at radius 1 is 1.11 bits per heavy atom. The van der Waals surface area contributed by atoms with Gasteiger partial charge in [0.05, 0.1) is 5.52 Å². The fraction of sp³-hybridized carbons (Fsp3) is 0.357. The zero-order chi connectivity index (χ0) is 12.2. The molecular formula is C14H16N4. The molecule has 1 aliphatic carbocycles. The lowest BCUT2D eigenvalue weighted by molar-refractivity contribution is 0.857. The van der Waals surface area contributed by atoms with Gasteiger partial charge in [0.25, 0.3) is 0 Å². The summed E-state index contributed by atoms with van der Waals surface area (Å²) in [5.41, 5.74) is 3.27. The minimum Gasteiger partial charge on any atom is -0.353 e. The van der Waals surface area contributed by atoms with Gasteiger partial charge in [-0.2, -0.15) is 0 Å². The Bertz CT molecular complexity index is 577. The zero-order valence-electron chi connectivity index (χ0n) is 10.3. The van der Waals surface area contributed by atoms with Crippen molar-refractivity contribution in [1.82, 2.24) is 15.2 Å². The lowest BCUT2D eigenvalue weighted by Gasteiger charge is -2.05. The van der Waals surface area contributed by atoms with Gasteiger partial charge in [0, 0.05) is 6.54 Å². The first-order valence-electron chi connectivity index (χ1n) is 6.43. The lowest BCUT2D eigenvalue weighted by Crippen LogP contribution is -2.07. The maximum absolute atomic E-state index is 4.44. The van der Waals surface area contributed by atoms with Crippen LogP contribution in [0.2, 0.25) is 0 Å². The number of aromatic nitrogens is 3. The first-order chi connectivity index (χ1) is 8.92. The molecule has 0 radical (unpaired) electrons. The molecule has 0 unspecified atom stereocenters. The topological polar surface area (TPSA) is 50.7 Å². The number of benzene rings is 1. The fourth-order valence-corrected chi connectivity index (χ4v) is 2.26. The van der Waals surface area contributed by atoms with Gasteiger partial charge in [-0.05, 0) is 37.8 Å². The first kappa shape index (κ1) is 11.1. The standard InChI is InChI=1S/C14H16N4/c1-2-6-11(5-1)9-10-15-14-16-12-7-3-4-8-13(12)17-18-14/h3-5,7-8H,1-2,6,9-10H2,(H,15,16,18). The van der Waals surface area contributed by atoms with Crippen LogP contribution in [0.3, 0.4) is 0 Å². The van der Waals surface area contributed by atoms with Crippen LogP contribution in [0.5, 0.6) is 0 Å². The van der Waals surface area contributed by atoms with E-state index >= 15 is 0 Å². The molecule has 4 nitrogen and oxygen atoms in total. The average Bonchev–Trinajstić information content (AvgIpc) is 2.92. The van der Waals surface area contributed by atoms with E-state index in [-0.39, 0.29) is 0 Å². The van der Waals surface area contributed by atoms with Crippen LogP contribution in [-0.2, 0) is 0 Å². The van der Waals surface area contributed by atoms with Crippen molar-refractivity contribution >= 4 is 17.0 Å². The van der Waals surface area contributed by atoms with Gasteiger partial charge in [-0.25, -0.2) is 4.98 Å². The molecule has 0 atom stereocenters. The molecule has 0 bridgehead atoms. The summed E-state index contributed by atoms with van der Waals surface area (Å²) in [6.07, 6.45) is 7.22. The van der Waals surface area contributed by atoms with E-state index in [9.17, 15) is 0 Å². The second-order valence-corrected chi connectivity index (χ2v) is 4.56. The molecule has 1 aromatic carbocycles. The summed E-state index contributed by atoms with van der Waals surface area (Å²) in [6, 6.07) is 7.78. The highest BCUT2D eigenvalue weighted by atomic mass is 15.2. The molecule has 0 aliphatic heterocycles. The third-order valence-corrected chi connectivity index (χ3v) is 3.22. The quantitative estimate of drug-likeness (QED) is 0.835. The average molecular weight is 240 g/mol. The van der Waals surface area contributed by atoms with Gasteiger partial charge in [0.1, 0.15) is 5.52 Å². The highest BCUT2D eigenvalue weighted by Gasteiger charge is 2.05. The van der Waals surface area contributed by atoms with Crippen LogP contribution in [0.15, 0.2) is 35.9 Å². The Morgan fingerprint density at radius 3 is 2.83 bits per heavy atom. The number of para-hydroxylation sites is 1. The Balaban J connectivity index is 1.63. The summed E-state index contributed by atoms with van der Waals surface area (Å²) >= 11 is 0. The van der Waals surface area contributed by atoms with Crippen molar-refractivity contribution in [3.8, 4) is 0 Å². The third kappa shape index (κ3) is 2.47. The van der Waals surface area contributed by atoms with E-state index in [1.54, 1.807) is 5.57 Å². The van der Waals surface area contributed by atoms with Crippen molar-refractivity contribution in [3.63, 3.8) is 0 Å². The molecule has 3 rings (SSSR count). The smallest absolute Gasteiger partial charge is 0.243 e. The predicted molar refractivity (Wildman–Crippen MR) is 72.4 cm³/mol. The summed E-state index contributed by atoms with van der Waals surface area (Å²) in [5, 5.41) is 11.5. The molecule has 0 spiro atoms. The summed E-state index contributed by atoms with van der Waals surface area (Å²) in [7, 11) is 0. The Hall–Kier alpha value is -1.97. The van der Waals surface area contributed by atoms with Gasteiger partial charge < -0.3 is 5.32 Å². The molecule has 18 heavy (non-hydrogen) atoms. The number of nitrogens with zero attached hydrogens (tertiary/aromatic N) is 3. The number of hydrogen-bond acceptors (Lipinski definition) is 4. The molecule has 0 saturated heterocycles. The van der Waals surface area contributed by atoms with Crippen molar-refractivity contribution in [2.45, 2.75) is 25.7 Å². The lowest BCUT2D eigenvalue weighted by atomic mass is 10.2. The van der Waals surface area contributed by atoms with Crippen LogP contribution in [0.4, 0.5) is 5.95 Å². The highest BCUT2D eigenvalue weighted by molar-refractivity contribution is 5.73. The van der Waals surface area contributed by atoms with Gasteiger partial charge in [-0.3, -0.25) is 0 Å². The number of hydrogen-bond donors (Lipinski definition) is 1. The van der Waals surface area contributed by atoms with Crippen LogP contribution in [0.25, 0.3) is 11.0 Å². The number of allylic oxidation sites excluding steroid dienone is 1. The first-order valence-corrected chi connectivity index (χ1v) is 6.43. The molecule has 0 amide bonds. The molecule has 1 N–H and O–H groups in total. The fourth-order valence-electron chi connectivity index (χ4n) is 2.26. The summed E-state index contributed by atoms with van der Waals surface area (Å²) in [4.78, 5) is 4.44. The Labute approximate surface area is 106 Å². The van der Waals surface area contributed by atoms with Gasteiger partial charge in [-0.1, -0.05) is 23.8 Å². The molecule has 0 saturated carbocycles. The summed E-state index contributed by atoms with van der Waals surface area (Å²) in [6.45, 7) is 0.881. The van der Waals surface area contributed by atoms with Crippen molar-refractivity contribution in [2.24, 2.45) is 0 Å². The Kier molecular flexibility index (Phi) is 3.17. The molecule has 4 heteroatoms. The normalized spacial score (nSPS) is 14.8. The van der Waals surface area contributed by atoms with Crippen molar-refractivity contribution in [3.05, 3.63) is 35.9 Å². The summed E-state index contributed by atoms with van der Waals surface area (Å²) in [5.74, 6) is 0.618. The number of nitrogens with one attached hydrogen (secondary N) is 1. The van der Waals surface area contributed by atoms with E-state index in [0.717, 1.165) is 24.0 Å². The minimum absolute atomic E-state index is 0.618. The molecule has 2 aromatic rings. The Morgan fingerprint density at radius 2 is 2.00 bits per heavy atom. The zero-order valence-corrected chi connectivity index (χ0v) is 10.3. The van der Waals surface area contributed by atoms with Crippen LogP contribution in [0.1, 0.15) is 25.7 Å². The van der Waals surface area contributed by atoms with Gasteiger partial charge >= 0.3 is 0 Å². The van der Waals surface area contributed by atoms with E-state index in [4.69, 9.17) is 0 Å². The molecular weight excluding hydrogens is 224 g/mol. The van der Waals surface area contributed by atoms with E-state index < -0.39 is 0 Å².